The molecule has 2 N–H and O–H groups in total. The zero-order valence-corrected chi connectivity index (χ0v) is 15.3. The predicted octanol–water partition coefficient (Wildman–Crippen LogP) is 4.36. The maximum Gasteiger partial charge on any atom is 0.305 e. The Morgan fingerprint density at radius 1 is 0.783 bits per heavy atom. The maximum atomic E-state index is 10.9. The molecular formula is C19H38O4. The molecule has 0 rings (SSSR count). The van der Waals surface area contributed by atoms with Gasteiger partial charge in [-0.1, -0.05) is 71.1 Å². The summed E-state index contributed by atoms with van der Waals surface area (Å²) in [4.78, 5) is 10.9. The van der Waals surface area contributed by atoms with E-state index in [1.165, 1.54) is 32.8 Å². The van der Waals surface area contributed by atoms with E-state index in [0.29, 0.717) is 12.8 Å². The SMILES string of the molecule is CCCCC[C@H](O)[C@@H](O)CCCCCCCCCCC(=O)OC. The van der Waals surface area contributed by atoms with Gasteiger partial charge in [-0.15, -0.1) is 0 Å². The number of aliphatic hydroxyl groups is 2. The molecule has 138 valence electrons. The van der Waals surface area contributed by atoms with Crippen molar-refractivity contribution in [3.8, 4) is 0 Å². The smallest absolute Gasteiger partial charge is 0.305 e. The number of rotatable bonds is 16. The van der Waals surface area contributed by atoms with E-state index in [4.69, 9.17) is 0 Å². The summed E-state index contributed by atoms with van der Waals surface area (Å²) in [6.07, 6.45) is 13.1. The molecule has 0 aromatic rings. The largest absolute Gasteiger partial charge is 0.469 e. The molecule has 0 radical (unpaired) electrons. The van der Waals surface area contributed by atoms with Crippen molar-refractivity contribution in [1.29, 1.82) is 0 Å². The third-order valence-electron chi connectivity index (χ3n) is 4.41. The monoisotopic (exact) mass is 330 g/mol. The molecule has 0 aliphatic heterocycles. The van der Waals surface area contributed by atoms with Crippen molar-refractivity contribution in [2.75, 3.05) is 7.11 Å². The van der Waals surface area contributed by atoms with Crippen molar-refractivity contribution in [2.45, 2.75) is 109 Å². The van der Waals surface area contributed by atoms with Crippen molar-refractivity contribution < 1.29 is 19.7 Å². The van der Waals surface area contributed by atoms with Crippen LogP contribution in [0.2, 0.25) is 0 Å². The van der Waals surface area contributed by atoms with Crippen molar-refractivity contribution in [2.24, 2.45) is 0 Å². The molecular weight excluding hydrogens is 292 g/mol. The summed E-state index contributed by atoms with van der Waals surface area (Å²) in [5.41, 5.74) is 0. The molecule has 0 aliphatic carbocycles. The lowest BCUT2D eigenvalue weighted by Crippen LogP contribution is -2.25. The van der Waals surface area contributed by atoms with Crippen LogP contribution in [0.4, 0.5) is 0 Å². The van der Waals surface area contributed by atoms with E-state index in [1.807, 2.05) is 0 Å². The Labute approximate surface area is 142 Å². The van der Waals surface area contributed by atoms with Crippen LogP contribution in [0.25, 0.3) is 0 Å². The van der Waals surface area contributed by atoms with Gasteiger partial charge in [0.2, 0.25) is 0 Å². The lowest BCUT2D eigenvalue weighted by Gasteiger charge is -2.17. The highest BCUT2D eigenvalue weighted by atomic mass is 16.5. The molecule has 2 atom stereocenters. The Balaban J connectivity index is 3.30. The van der Waals surface area contributed by atoms with Crippen molar-refractivity contribution in [3.63, 3.8) is 0 Å². The summed E-state index contributed by atoms with van der Waals surface area (Å²) in [5, 5.41) is 19.7. The topological polar surface area (TPSA) is 66.8 Å². The highest BCUT2D eigenvalue weighted by Gasteiger charge is 2.14. The van der Waals surface area contributed by atoms with Crippen LogP contribution in [-0.4, -0.2) is 35.5 Å². The van der Waals surface area contributed by atoms with Crippen LogP contribution in [0.15, 0.2) is 0 Å². The highest BCUT2D eigenvalue weighted by molar-refractivity contribution is 5.68. The summed E-state index contributed by atoms with van der Waals surface area (Å²) in [5.74, 6) is -0.111. The van der Waals surface area contributed by atoms with E-state index in [0.717, 1.165) is 51.4 Å². The third-order valence-corrected chi connectivity index (χ3v) is 4.41. The Kier molecular flexibility index (Phi) is 15.8. The van der Waals surface area contributed by atoms with E-state index in [1.54, 1.807) is 0 Å². The van der Waals surface area contributed by atoms with Crippen molar-refractivity contribution >= 4 is 5.97 Å². The minimum absolute atomic E-state index is 0.111. The zero-order chi connectivity index (χ0) is 17.3. The Morgan fingerprint density at radius 3 is 1.70 bits per heavy atom. The first-order valence-electron chi connectivity index (χ1n) is 9.54. The first-order valence-corrected chi connectivity index (χ1v) is 9.54. The van der Waals surface area contributed by atoms with Gasteiger partial charge in [0, 0.05) is 6.42 Å². The predicted molar refractivity (Wildman–Crippen MR) is 94.3 cm³/mol. The van der Waals surface area contributed by atoms with E-state index in [2.05, 4.69) is 11.7 Å². The number of hydrogen-bond donors (Lipinski definition) is 2. The number of hydrogen-bond acceptors (Lipinski definition) is 4. The molecule has 4 heteroatoms. The summed E-state index contributed by atoms with van der Waals surface area (Å²) in [6.45, 7) is 2.14. The molecule has 0 aliphatic rings. The van der Waals surface area contributed by atoms with Crippen molar-refractivity contribution in [1.82, 2.24) is 0 Å². The number of carbonyl (C=O) groups is 1. The first-order chi connectivity index (χ1) is 11.1. The van der Waals surface area contributed by atoms with Gasteiger partial charge >= 0.3 is 5.97 Å². The van der Waals surface area contributed by atoms with Gasteiger partial charge in [0.15, 0.2) is 0 Å². The molecule has 0 heterocycles. The molecule has 0 saturated carbocycles. The lowest BCUT2D eigenvalue weighted by molar-refractivity contribution is -0.140. The number of unbranched alkanes of at least 4 members (excludes halogenated alkanes) is 9. The average Bonchev–Trinajstić information content (AvgIpc) is 2.56. The highest BCUT2D eigenvalue weighted by Crippen LogP contribution is 2.14. The number of aliphatic hydroxyl groups excluding tert-OH is 2. The number of carbonyl (C=O) groups excluding carboxylic acids is 1. The lowest BCUT2D eigenvalue weighted by atomic mass is 10.00. The Morgan fingerprint density at radius 2 is 1.22 bits per heavy atom. The fourth-order valence-electron chi connectivity index (χ4n) is 2.77. The van der Waals surface area contributed by atoms with E-state index in [9.17, 15) is 15.0 Å². The quantitative estimate of drug-likeness (QED) is 0.326. The van der Waals surface area contributed by atoms with Crippen LogP contribution < -0.4 is 0 Å². The van der Waals surface area contributed by atoms with Crippen LogP contribution in [0.1, 0.15) is 96.8 Å². The number of esters is 1. The first kappa shape index (κ1) is 22.4. The summed E-state index contributed by atoms with van der Waals surface area (Å²) < 4.78 is 4.61. The minimum atomic E-state index is -0.551. The second kappa shape index (κ2) is 16.3. The fraction of sp³-hybridized carbons (Fsp3) is 0.947. The molecule has 0 unspecified atom stereocenters. The van der Waals surface area contributed by atoms with Gasteiger partial charge in [-0.25, -0.2) is 0 Å². The molecule has 4 nitrogen and oxygen atoms in total. The zero-order valence-electron chi connectivity index (χ0n) is 15.3. The third kappa shape index (κ3) is 14.7. The van der Waals surface area contributed by atoms with Crippen LogP contribution >= 0.6 is 0 Å². The van der Waals surface area contributed by atoms with Gasteiger partial charge in [-0.2, -0.15) is 0 Å². The van der Waals surface area contributed by atoms with Gasteiger partial charge in [-0.3, -0.25) is 4.79 Å². The maximum absolute atomic E-state index is 10.9. The number of ether oxygens (including phenoxy) is 1. The number of methoxy groups -OCH3 is 1. The van der Waals surface area contributed by atoms with Crippen LogP contribution in [0.3, 0.4) is 0 Å². The Bertz CT molecular complexity index is 268. The summed E-state index contributed by atoms with van der Waals surface area (Å²) >= 11 is 0. The van der Waals surface area contributed by atoms with Gasteiger partial charge in [-0.05, 0) is 19.3 Å². The Hall–Kier alpha value is -0.610. The molecule has 0 fully saturated rings. The fourth-order valence-corrected chi connectivity index (χ4v) is 2.77. The van der Waals surface area contributed by atoms with E-state index >= 15 is 0 Å². The molecule has 0 spiro atoms. The van der Waals surface area contributed by atoms with Gasteiger partial charge in [0.1, 0.15) is 0 Å². The van der Waals surface area contributed by atoms with E-state index in [-0.39, 0.29) is 5.97 Å². The molecule has 0 saturated heterocycles. The van der Waals surface area contributed by atoms with Gasteiger partial charge < -0.3 is 14.9 Å². The van der Waals surface area contributed by atoms with Crippen LogP contribution in [0, 0.1) is 0 Å². The average molecular weight is 331 g/mol. The van der Waals surface area contributed by atoms with Gasteiger partial charge in [0.05, 0.1) is 19.3 Å². The summed E-state index contributed by atoms with van der Waals surface area (Å²) in [7, 11) is 1.43. The second-order valence-electron chi connectivity index (χ2n) is 6.57. The second-order valence-corrected chi connectivity index (χ2v) is 6.57. The standard InChI is InChI=1S/C19H38O4/c1-3-4-11-14-17(20)18(21)15-12-9-7-5-6-8-10-13-16-19(22)23-2/h17-18,20-21H,3-16H2,1-2H3/t17-,18-/m0/s1. The normalized spacial score (nSPS) is 13.7. The minimum Gasteiger partial charge on any atom is -0.469 e. The molecule has 0 bridgehead atoms. The van der Waals surface area contributed by atoms with Crippen LogP contribution in [0.5, 0.6) is 0 Å². The summed E-state index contributed by atoms with van der Waals surface area (Å²) in [6, 6.07) is 0. The van der Waals surface area contributed by atoms with E-state index < -0.39 is 12.2 Å². The molecule has 0 aromatic carbocycles. The molecule has 0 amide bonds. The molecule has 0 aromatic heterocycles. The molecule has 23 heavy (non-hydrogen) atoms. The van der Waals surface area contributed by atoms with Crippen LogP contribution in [-0.2, 0) is 9.53 Å². The van der Waals surface area contributed by atoms with Crippen molar-refractivity contribution in [3.05, 3.63) is 0 Å². The van der Waals surface area contributed by atoms with Gasteiger partial charge in [0.25, 0.3) is 0 Å².